The molecule has 0 saturated carbocycles. The van der Waals surface area contributed by atoms with E-state index < -0.39 is 0 Å². The van der Waals surface area contributed by atoms with Crippen LogP contribution in [-0.4, -0.2) is 14.5 Å². The molecule has 0 fully saturated rings. The second-order valence-corrected chi connectivity index (χ2v) is 3.88. The first kappa shape index (κ1) is 9.64. The number of anilines is 1. The fraction of sp³-hybridized carbons (Fsp3) is 0.125. The van der Waals surface area contributed by atoms with Gasteiger partial charge in [-0.1, -0.05) is 11.3 Å². The molecule has 2 aromatic heterocycles. The summed E-state index contributed by atoms with van der Waals surface area (Å²) in [7, 11) is 0. The Bertz CT molecular complexity index is 493. The third-order valence-corrected chi connectivity index (χ3v) is 2.73. The van der Waals surface area contributed by atoms with Crippen LogP contribution in [0.4, 0.5) is 5.13 Å². The van der Waals surface area contributed by atoms with Gasteiger partial charge in [0.2, 0.25) is 5.82 Å². The number of hydrogen-bond donors (Lipinski definition) is 2. The standard InChI is InChI=1S/C8H8N6S/c9-3-7-11-1-2-14(7)5-6-4-12-8(13-10)15-6/h1-2,4H,5,10H2,(H,12,13). The molecule has 0 unspecified atom stereocenters. The second-order valence-electron chi connectivity index (χ2n) is 2.77. The average molecular weight is 220 g/mol. The number of nitriles is 1. The highest BCUT2D eigenvalue weighted by atomic mass is 32.1. The maximum absolute atomic E-state index is 8.76. The van der Waals surface area contributed by atoms with Gasteiger partial charge >= 0.3 is 0 Å². The molecular weight excluding hydrogens is 212 g/mol. The SMILES string of the molecule is N#Cc1nccn1Cc1cnc(NN)s1. The van der Waals surface area contributed by atoms with Crippen molar-refractivity contribution in [3.63, 3.8) is 0 Å². The molecule has 15 heavy (non-hydrogen) atoms. The quantitative estimate of drug-likeness (QED) is 0.582. The molecule has 0 saturated heterocycles. The predicted molar refractivity (Wildman–Crippen MR) is 56.0 cm³/mol. The van der Waals surface area contributed by atoms with E-state index in [-0.39, 0.29) is 0 Å². The number of hydrogen-bond acceptors (Lipinski definition) is 6. The summed E-state index contributed by atoms with van der Waals surface area (Å²) in [5.41, 5.74) is 2.47. The summed E-state index contributed by atoms with van der Waals surface area (Å²) in [6.45, 7) is 0.586. The summed E-state index contributed by atoms with van der Waals surface area (Å²) in [4.78, 5) is 8.95. The number of hydrazine groups is 1. The van der Waals surface area contributed by atoms with Gasteiger partial charge in [-0.05, 0) is 0 Å². The molecule has 2 heterocycles. The molecule has 0 aliphatic rings. The minimum absolute atomic E-state index is 0.394. The zero-order valence-electron chi connectivity index (χ0n) is 7.71. The number of rotatable bonds is 3. The van der Waals surface area contributed by atoms with E-state index >= 15 is 0 Å². The van der Waals surface area contributed by atoms with Crippen molar-refractivity contribution in [3.8, 4) is 6.07 Å². The highest BCUT2D eigenvalue weighted by Crippen LogP contribution is 2.18. The Morgan fingerprint density at radius 2 is 2.47 bits per heavy atom. The second kappa shape index (κ2) is 4.08. The first-order valence-corrected chi connectivity index (χ1v) is 4.97. The zero-order chi connectivity index (χ0) is 10.7. The highest BCUT2D eigenvalue weighted by molar-refractivity contribution is 7.15. The lowest BCUT2D eigenvalue weighted by Crippen LogP contribution is -2.05. The Labute approximate surface area is 90.0 Å². The van der Waals surface area contributed by atoms with Crippen LogP contribution in [0.25, 0.3) is 0 Å². The molecule has 3 N–H and O–H groups in total. The fourth-order valence-corrected chi connectivity index (χ4v) is 1.89. The van der Waals surface area contributed by atoms with E-state index in [0.29, 0.717) is 17.5 Å². The number of nitrogens with one attached hydrogen (secondary N) is 1. The van der Waals surface area contributed by atoms with Gasteiger partial charge in [0.15, 0.2) is 5.13 Å². The van der Waals surface area contributed by atoms with Crippen molar-refractivity contribution < 1.29 is 0 Å². The maximum Gasteiger partial charge on any atom is 0.213 e. The highest BCUT2D eigenvalue weighted by Gasteiger charge is 2.05. The van der Waals surface area contributed by atoms with E-state index in [2.05, 4.69) is 15.4 Å². The number of nitrogens with zero attached hydrogens (tertiary/aromatic N) is 4. The van der Waals surface area contributed by atoms with Crippen LogP contribution in [0.15, 0.2) is 18.6 Å². The number of imidazole rings is 1. The average Bonchev–Trinajstić information content (AvgIpc) is 2.87. The van der Waals surface area contributed by atoms with Crippen LogP contribution < -0.4 is 11.3 Å². The Balaban J connectivity index is 2.19. The first-order chi connectivity index (χ1) is 7.33. The van der Waals surface area contributed by atoms with Gasteiger partial charge in [0, 0.05) is 23.5 Å². The molecule has 0 amide bonds. The normalized spacial score (nSPS) is 9.87. The summed E-state index contributed by atoms with van der Waals surface area (Å²) in [5, 5.41) is 9.41. The summed E-state index contributed by atoms with van der Waals surface area (Å²) in [6.07, 6.45) is 5.08. The van der Waals surface area contributed by atoms with Crippen LogP contribution >= 0.6 is 11.3 Å². The van der Waals surface area contributed by atoms with Crippen LogP contribution in [0.5, 0.6) is 0 Å². The van der Waals surface area contributed by atoms with Gasteiger partial charge in [0.25, 0.3) is 0 Å². The number of aromatic nitrogens is 3. The van der Waals surface area contributed by atoms with E-state index in [1.165, 1.54) is 11.3 Å². The van der Waals surface area contributed by atoms with Crippen LogP contribution in [0.1, 0.15) is 10.7 Å². The van der Waals surface area contributed by atoms with E-state index in [1.807, 2.05) is 6.07 Å². The minimum atomic E-state index is 0.394. The Kier molecular flexibility index (Phi) is 2.62. The van der Waals surface area contributed by atoms with Crippen molar-refractivity contribution in [2.75, 3.05) is 5.43 Å². The zero-order valence-corrected chi connectivity index (χ0v) is 8.53. The molecule has 0 radical (unpaired) electrons. The van der Waals surface area contributed by atoms with Crippen molar-refractivity contribution in [2.45, 2.75) is 6.54 Å². The molecular formula is C8H8N6S. The Morgan fingerprint density at radius 1 is 1.60 bits per heavy atom. The molecule has 2 aromatic rings. The first-order valence-electron chi connectivity index (χ1n) is 4.16. The Morgan fingerprint density at radius 3 is 3.13 bits per heavy atom. The van der Waals surface area contributed by atoms with Gasteiger partial charge in [-0.15, -0.1) is 0 Å². The van der Waals surface area contributed by atoms with Crippen LogP contribution in [0.2, 0.25) is 0 Å². The van der Waals surface area contributed by atoms with E-state index in [1.54, 1.807) is 23.2 Å². The molecule has 0 bridgehead atoms. The Hall–Kier alpha value is -1.91. The van der Waals surface area contributed by atoms with Crippen molar-refractivity contribution in [1.82, 2.24) is 14.5 Å². The molecule has 7 heteroatoms. The summed E-state index contributed by atoms with van der Waals surface area (Å²) >= 11 is 1.45. The van der Waals surface area contributed by atoms with Gasteiger partial charge in [-0.3, -0.25) is 5.43 Å². The number of thiazole rings is 1. The van der Waals surface area contributed by atoms with Crippen LogP contribution in [0, 0.1) is 11.3 Å². The largest absolute Gasteiger partial charge is 0.317 e. The van der Waals surface area contributed by atoms with Crippen molar-refractivity contribution >= 4 is 16.5 Å². The fourth-order valence-electron chi connectivity index (χ4n) is 1.17. The molecule has 0 atom stereocenters. The van der Waals surface area contributed by atoms with Gasteiger partial charge in [-0.2, -0.15) is 5.26 Å². The maximum atomic E-state index is 8.76. The predicted octanol–water partition coefficient (Wildman–Crippen LogP) is 0.545. The molecule has 0 aromatic carbocycles. The number of nitrogen functional groups attached to an aromatic ring is 1. The molecule has 2 rings (SSSR count). The third kappa shape index (κ3) is 1.96. The lowest BCUT2D eigenvalue weighted by molar-refractivity contribution is 0.792. The topological polar surface area (TPSA) is 92.5 Å². The summed E-state index contributed by atoms with van der Waals surface area (Å²) in [5.74, 6) is 5.61. The lowest BCUT2D eigenvalue weighted by Gasteiger charge is -1.98. The van der Waals surface area contributed by atoms with E-state index in [9.17, 15) is 0 Å². The van der Waals surface area contributed by atoms with Crippen molar-refractivity contribution in [1.29, 1.82) is 5.26 Å². The lowest BCUT2D eigenvalue weighted by atomic mass is 10.5. The van der Waals surface area contributed by atoms with Gasteiger partial charge in [-0.25, -0.2) is 15.8 Å². The number of nitrogens with two attached hydrogens (primary N) is 1. The minimum Gasteiger partial charge on any atom is -0.317 e. The van der Waals surface area contributed by atoms with E-state index in [4.69, 9.17) is 11.1 Å². The summed E-state index contributed by atoms with van der Waals surface area (Å²) < 4.78 is 1.76. The van der Waals surface area contributed by atoms with Crippen LogP contribution in [-0.2, 0) is 6.54 Å². The van der Waals surface area contributed by atoms with Crippen molar-refractivity contribution in [2.24, 2.45) is 5.84 Å². The molecule has 0 spiro atoms. The monoisotopic (exact) mass is 220 g/mol. The van der Waals surface area contributed by atoms with Gasteiger partial charge in [0.1, 0.15) is 6.07 Å². The smallest absolute Gasteiger partial charge is 0.213 e. The van der Waals surface area contributed by atoms with Gasteiger partial charge in [0.05, 0.1) is 6.54 Å². The van der Waals surface area contributed by atoms with E-state index in [0.717, 1.165) is 4.88 Å². The molecule has 0 aliphatic carbocycles. The molecule has 76 valence electrons. The molecule has 6 nitrogen and oxygen atoms in total. The van der Waals surface area contributed by atoms with Gasteiger partial charge < -0.3 is 4.57 Å². The summed E-state index contributed by atoms with van der Waals surface area (Å²) in [6, 6.07) is 2.01. The third-order valence-electron chi connectivity index (χ3n) is 1.82. The molecule has 0 aliphatic heterocycles. The van der Waals surface area contributed by atoms with Crippen LogP contribution in [0.3, 0.4) is 0 Å². The van der Waals surface area contributed by atoms with Crippen molar-refractivity contribution in [3.05, 3.63) is 29.3 Å².